The van der Waals surface area contributed by atoms with E-state index in [-0.39, 0.29) is 5.91 Å². The van der Waals surface area contributed by atoms with Crippen LogP contribution < -0.4 is 0 Å². The summed E-state index contributed by atoms with van der Waals surface area (Å²) in [4.78, 5) is 19.7. The molecule has 3 rings (SSSR count). The molecule has 6 heteroatoms. The molecule has 0 unspecified atom stereocenters. The van der Waals surface area contributed by atoms with Crippen molar-refractivity contribution in [2.24, 2.45) is 4.99 Å². The molecule has 1 aromatic carbocycles. The number of nitrogens with zero attached hydrogens (tertiary/aromatic N) is 3. The lowest BCUT2D eigenvalue weighted by Gasteiger charge is -2.11. The Balaban J connectivity index is 2.02. The van der Waals surface area contributed by atoms with Crippen LogP contribution >= 0.6 is 34.4 Å². The van der Waals surface area contributed by atoms with Crippen LogP contribution in [0.25, 0.3) is 11.8 Å². The Morgan fingerprint density at radius 2 is 1.93 bits per heavy atom. The molecule has 1 fully saturated rings. The van der Waals surface area contributed by atoms with E-state index in [1.165, 1.54) is 20.9 Å². The number of halogens is 1. The van der Waals surface area contributed by atoms with Crippen molar-refractivity contribution in [1.29, 1.82) is 0 Å². The number of aliphatic imine (C=N–C) groups is 1. The molecule has 27 heavy (non-hydrogen) atoms. The highest BCUT2D eigenvalue weighted by atomic mass is 127. The molecule has 0 radical (unpaired) electrons. The summed E-state index contributed by atoms with van der Waals surface area (Å²) in [5, 5.41) is 0.804. The Labute approximate surface area is 178 Å². The van der Waals surface area contributed by atoms with Crippen LogP contribution in [0.1, 0.15) is 36.4 Å². The summed E-state index contributed by atoms with van der Waals surface area (Å²) in [6.07, 6.45) is 2.01. The normalized spacial score (nSPS) is 17.6. The number of thioether (sulfide) groups is 1. The number of hydrogen-bond donors (Lipinski definition) is 0. The lowest BCUT2D eigenvalue weighted by molar-refractivity contribution is -0.122. The van der Waals surface area contributed by atoms with Gasteiger partial charge >= 0.3 is 0 Å². The van der Waals surface area contributed by atoms with E-state index in [0.717, 1.165) is 32.7 Å². The monoisotopic (exact) mass is 493 g/mol. The topological polar surface area (TPSA) is 37.6 Å². The molecule has 2 aromatic rings. The second kappa shape index (κ2) is 8.22. The van der Waals surface area contributed by atoms with Crippen LogP contribution in [-0.4, -0.2) is 33.6 Å². The predicted octanol–water partition coefficient (Wildman–Crippen LogP) is 5.32. The lowest BCUT2D eigenvalue weighted by atomic mass is 10.2. The van der Waals surface area contributed by atoms with Crippen molar-refractivity contribution in [2.75, 3.05) is 13.1 Å². The zero-order valence-electron chi connectivity index (χ0n) is 16.3. The van der Waals surface area contributed by atoms with Crippen molar-refractivity contribution in [3.8, 4) is 5.69 Å². The average Bonchev–Trinajstić information content (AvgIpc) is 3.07. The Morgan fingerprint density at radius 1 is 1.19 bits per heavy atom. The number of aromatic nitrogens is 1. The van der Waals surface area contributed by atoms with Crippen molar-refractivity contribution in [3.05, 3.63) is 55.3 Å². The van der Waals surface area contributed by atoms with Gasteiger partial charge in [-0.25, -0.2) is 0 Å². The summed E-state index contributed by atoms with van der Waals surface area (Å²) >= 11 is 3.83. The maximum absolute atomic E-state index is 12.7. The quantitative estimate of drug-likeness (QED) is 0.427. The summed E-state index contributed by atoms with van der Waals surface area (Å²) in [6, 6.07) is 8.64. The molecule has 1 aliphatic rings. The van der Waals surface area contributed by atoms with E-state index >= 15 is 0 Å². The highest BCUT2D eigenvalue weighted by Crippen LogP contribution is 2.34. The van der Waals surface area contributed by atoms with Gasteiger partial charge in [0.2, 0.25) is 0 Å². The fourth-order valence-corrected chi connectivity index (χ4v) is 4.71. The first-order valence-corrected chi connectivity index (χ1v) is 11.0. The van der Waals surface area contributed by atoms with Crippen LogP contribution in [0.2, 0.25) is 0 Å². The number of benzene rings is 1. The smallest absolute Gasteiger partial charge is 0.266 e. The number of amides is 1. The second-order valence-electron chi connectivity index (χ2n) is 6.51. The van der Waals surface area contributed by atoms with E-state index in [0.29, 0.717) is 13.1 Å². The van der Waals surface area contributed by atoms with E-state index in [1.54, 1.807) is 4.90 Å². The molecule has 0 N–H and O–H groups in total. The number of likely N-dealkylation sites (N-methyl/N-ethyl adjacent to an activating group) is 1. The van der Waals surface area contributed by atoms with Gasteiger partial charge in [-0.2, -0.15) is 0 Å². The fourth-order valence-electron chi connectivity index (χ4n) is 3.28. The van der Waals surface area contributed by atoms with Gasteiger partial charge in [-0.15, -0.1) is 0 Å². The Morgan fingerprint density at radius 3 is 2.56 bits per heavy atom. The number of hydrogen-bond acceptors (Lipinski definition) is 3. The summed E-state index contributed by atoms with van der Waals surface area (Å²) in [5.41, 5.74) is 5.79. The molecule has 1 amide bonds. The molecule has 0 bridgehead atoms. The molecule has 0 spiro atoms. The van der Waals surface area contributed by atoms with Crippen molar-refractivity contribution in [3.63, 3.8) is 0 Å². The molecule has 2 heterocycles. The molecule has 1 aromatic heterocycles. The standard InChI is InChI=1S/C21H24IN3OS/c1-6-23-21-24(7-2)20(26)19(27-21)12-16-11-14(4)25(15(16)5)17-8-9-18(22)13(3)10-17/h8-12H,6-7H2,1-5H3. The summed E-state index contributed by atoms with van der Waals surface area (Å²) in [5.74, 6) is 0.0459. The number of aryl methyl sites for hydroxylation is 2. The number of rotatable bonds is 4. The maximum Gasteiger partial charge on any atom is 0.266 e. The van der Waals surface area contributed by atoms with Crippen LogP contribution in [0.3, 0.4) is 0 Å². The van der Waals surface area contributed by atoms with Gasteiger partial charge in [-0.05, 0) is 110 Å². The third-order valence-corrected chi connectivity index (χ3v) is 6.91. The van der Waals surface area contributed by atoms with Gasteiger partial charge in [0, 0.05) is 33.7 Å². The van der Waals surface area contributed by atoms with E-state index in [9.17, 15) is 4.79 Å². The van der Waals surface area contributed by atoms with Gasteiger partial charge < -0.3 is 4.57 Å². The van der Waals surface area contributed by atoms with E-state index in [2.05, 4.69) is 77.2 Å². The zero-order chi connectivity index (χ0) is 19.7. The Kier molecular flexibility index (Phi) is 6.15. The fraction of sp³-hybridized carbons (Fsp3) is 0.333. The Hall–Kier alpha value is -1.54. The van der Waals surface area contributed by atoms with Gasteiger partial charge in [0.1, 0.15) is 0 Å². The van der Waals surface area contributed by atoms with Gasteiger partial charge in [0.05, 0.1) is 4.91 Å². The number of carbonyl (C=O) groups excluding carboxylic acids is 1. The largest absolute Gasteiger partial charge is 0.318 e. The van der Waals surface area contributed by atoms with Crippen molar-refractivity contribution in [2.45, 2.75) is 34.6 Å². The lowest BCUT2D eigenvalue weighted by Crippen LogP contribution is -2.28. The summed E-state index contributed by atoms with van der Waals surface area (Å²) < 4.78 is 3.51. The van der Waals surface area contributed by atoms with E-state index in [1.807, 2.05) is 19.9 Å². The molecule has 1 saturated heterocycles. The highest BCUT2D eigenvalue weighted by molar-refractivity contribution is 14.1. The molecule has 142 valence electrons. The molecule has 0 atom stereocenters. The zero-order valence-corrected chi connectivity index (χ0v) is 19.3. The number of carbonyl (C=O) groups is 1. The van der Waals surface area contributed by atoms with Gasteiger partial charge in [0.25, 0.3) is 5.91 Å². The molecular weight excluding hydrogens is 469 g/mol. The summed E-state index contributed by atoms with van der Waals surface area (Å²) in [6.45, 7) is 11.6. The average molecular weight is 493 g/mol. The molecule has 4 nitrogen and oxygen atoms in total. The maximum atomic E-state index is 12.7. The van der Waals surface area contributed by atoms with Gasteiger partial charge in [-0.1, -0.05) is 0 Å². The Bertz CT molecular complexity index is 959. The van der Waals surface area contributed by atoms with Crippen molar-refractivity contribution >= 4 is 51.5 Å². The van der Waals surface area contributed by atoms with Gasteiger partial charge in [0.15, 0.2) is 5.17 Å². The second-order valence-corrected chi connectivity index (χ2v) is 8.68. The van der Waals surface area contributed by atoms with Gasteiger partial charge in [-0.3, -0.25) is 14.7 Å². The molecule has 0 aliphatic carbocycles. The van der Waals surface area contributed by atoms with Crippen LogP contribution in [0.15, 0.2) is 34.2 Å². The number of amidine groups is 1. The van der Waals surface area contributed by atoms with Crippen LogP contribution in [0.5, 0.6) is 0 Å². The van der Waals surface area contributed by atoms with Crippen molar-refractivity contribution < 1.29 is 4.79 Å². The molecule has 0 saturated carbocycles. The third-order valence-electron chi connectivity index (χ3n) is 4.65. The first-order chi connectivity index (χ1) is 12.9. The van der Waals surface area contributed by atoms with Crippen molar-refractivity contribution in [1.82, 2.24) is 9.47 Å². The molecule has 1 aliphatic heterocycles. The van der Waals surface area contributed by atoms with E-state index in [4.69, 9.17) is 0 Å². The minimum atomic E-state index is 0.0459. The minimum Gasteiger partial charge on any atom is -0.318 e. The first kappa shape index (κ1) is 20.2. The molecular formula is C21H24IN3OS. The predicted molar refractivity (Wildman–Crippen MR) is 124 cm³/mol. The van der Waals surface area contributed by atoms with E-state index < -0.39 is 0 Å². The van der Waals surface area contributed by atoms with Crippen LogP contribution in [0, 0.1) is 24.3 Å². The SMILES string of the molecule is CCN=C1SC(=Cc2cc(C)n(-c3ccc(I)c(C)c3)c2C)C(=O)N1CC. The minimum absolute atomic E-state index is 0.0459. The third kappa shape index (κ3) is 3.87. The first-order valence-electron chi connectivity index (χ1n) is 9.08. The van der Waals surface area contributed by atoms with Crippen LogP contribution in [-0.2, 0) is 4.79 Å². The highest BCUT2D eigenvalue weighted by Gasteiger charge is 2.32. The summed E-state index contributed by atoms with van der Waals surface area (Å²) in [7, 11) is 0. The van der Waals surface area contributed by atoms with Crippen LogP contribution in [0.4, 0.5) is 0 Å².